The Kier molecular flexibility index (Phi) is 10.6. The van der Waals surface area contributed by atoms with Crippen LogP contribution in [0.4, 0.5) is 0 Å². The highest BCUT2D eigenvalue weighted by Crippen LogP contribution is 2.31. The third kappa shape index (κ3) is 7.66. The quantitative estimate of drug-likeness (QED) is 0.391. The van der Waals surface area contributed by atoms with Crippen LogP contribution in [0.25, 0.3) is 0 Å². The summed E-state index contributed by atoms with van der Waals surface area (Å²) in [7, 11) is 1.27. The van der Waals surface area contributed by atoms with E-state index in [0.29, 0.717) is 22.8 Å². The van der Waals surface area contributed by atoms with Gasteiger partial charge in [-0.25, -0.2) is 8.42 Å². The van der Waals surface area contributed by atoms with Crippen LogP contribution in [-0.4, -0.2) is 95.6 Å². The lowest BCUT2D eigenvalue weighted by molar-refractivity contribution is -0.135. The minimum absolute atomic E-state index is 0.0328. The molecule has 2 atom stereocenters. The summed E-state index contributed by atoms with van der Waals surface area (Å²) in [6.07, 6.45) is 7.59. The van der Waals surface area contributed by atoms with Crippen molar-refractivity contribution in [3.8, 4) is 5.75 Å². The summed E-state index contributed by atoms with van der Waals surface area (Å²) < 4.78 is 38.3. The molecule has 1 saturated heterocycles. The molecule has 1 amide bonds. The van der Waals surface area contributed by atoms with Crippen LogP contribution in [0, 0.1) is 25.7 Å². The average molecular weight is 524 g/mol. The normalized spacial score (nSPS) is 21.2. The van der Waals surface area contributed by atoms with Crippen LogP contribution in [0.2, 0.25) is 0 Å². The first-order chi connectivity index (χ1) is 17.1. The molecule has 0 aromatic heterocycles. The molecule has 36 heavy (non-hydrogen) atoms. The molecule has 0 radical (unpaired) electrons. The monoisotopic (exact) mass is 523 g/mol. The smallest absolute Gasteiger partial charge is 0.248 e. The zero-order valence-electron chi connectivity index (χ0n) is 22.8. The predicted molar refractivity (Wildman–Crippen MR) is 142 cm³/mol. The molecule has 0 spiro atoms. The third-order valence-corrected chi connectivity index (χ3v) is 9.84. The lowest BCUT2D eigenvalue weighted by Crippen LogP contribution is -2.38. The van der Waals surface area contributed by atoms with Crippen LogP contribution in [0.15, 0.2) is 17.0 Å². The largest absolute Gasteiger partial charge is 0.497 e. The van der Waals surface area contributed by atoms with Crippen LogP contribution >= 0.6 is 0 Å². The summed E-state index contributed by atoms with van der Waals surface area (Å²) in [5.74, 6) is 1.88. The number of benzene rings is 1. The molecule has 8 nitrogen and oxygen atoms in total. The summed E-state index contributed by atoms with van der Waals surface area (Å²) in [4.78, 5) is 17.3. The Balaban J connectivity index is 1.41. The Labute approximate surface area is 218 Å². The molecule has 1 aliphatic carbocycles. The average Bonchev–Trinajstić information content (AvgIpc) is 3.34. The molecule has 3 rings (SSSR count). The van der Waals surface area contributed by atoms with Crippen molar-refractivity contribution in [2.45, 2.75) is 57.3 Å². The Morgan fingerprint density at radius 2 is 1.69 bits per heavy atom. The van der Waals surface area contributed by atoms with Crippen molar-refractivity contribution in [1.82, 2.24) is 14.1 Å². The molecule has 2 aliphatic rings. The van der Waals surface area contributed by atoms with Crippen LogP contribution in [0.3, 0.4) is 0 Å². The summed E-state index contributed by atoms with van der Waals surface area (Å²) in [6, 6.07) is 3.44. The Morgan fingerprint density at radius 3 is 2.33 bits per heavy atom. The van der Waals surface area contributed by atoms with Gasteiger partial charge < -0.3 is 19.3 Å². The van der Waals surface area contributed by atoms with Crippen molar-refractivity contribution < 1.29 is 22.7 Å². The van der Waals surface area contributed by atoms with Crippen LogP contribution in [0.1, 0.15) is 49.7 Å². The molecule has 2 unspecified atom stereocenters. The number of hydrogen-bond donors (Lipinski definition) is 0. The van der Waals surface area contributed by atoms with E-state index in [-0.39, 0.29) is 30.6 Å². The van der Waals surface area contributed by atoms with Crippen molar-refractivity contribution in [2.24, 2.45) is 11.8 Å². The molecule has 1 saturated carbocycles. The van der Waals surface area contributed by atoms with E-state index in [4.69, 9.17) is 9.47 Å². The molecule has 1 aromatic rings. The highest BCUT2D eigenvalue weighted by atomic mass is 32.2. The summed E-state index contributed by atoms with van der Waals surface area (Å²) in [5.41, 5.74) is 1.28. The summed E-state index contributed by atoms with van der Waals surface area (Å²) >= 11 is 0. The molecular weight excluding hydrogens is 478 g/mol. The van der Waals surface area contributed by atoms with Gasteiger partial charge in [0.2, 0.25) is 15.9 Å². The second-order valence-corrected chi connectivity index (χ2v) is 12.6. The van der Waals surface area contributed by atoms with Gasteiger partial charge in [-0.3, -0.25) is 4.79 Å². The van der Waals surface area contributed by atoms with Gasteiger partial charge in [0.15, 0.2) is 0 Å². The first-order valence-electron chi connectivity index (χ1n) is 13.3. The van der Waals surface area contributed by atoms with Gasteiger partial charge in [0.05, 0.1) is 18.6 Å². The van der Waals surface area contributed by atoms with Gasteiger partial charge in [0.25, 0.3) is 0 Å². The molecule has 2 fully saturated rings. The Morgan fingerprint density at radius 1 is 1.06 bits per heavy atom. The van der Waals surface area contributed by atoms with E-state index < -0.39 is 10.0 Å². The Bertz CT molecular complexity index is 955. The number of carbonyl (C=O) groups excluding carboxylic acids is 1. The maximum atomic E-state index is 13.1. The minimum atomic E-state index is -3.68. The lowest BCUT2D eigenvalue weighted by atomic mass is 9.81. The van der Waals surface area contributed by atoms with Gasteiger partial charge in [-0.05, 0) is 94.1 Å². The van der Waals surface area contributed by atoms with E-state index in [9.17, 15) is 13.2 Å². The van der Waals surface area contributed by atoms with E-state index in [2.05, 4.69) is 4.90 Å². The fourth-order valence-electron chi connectivity index (χ4n) is 5.73. The molecular formula is C27H45N3O5S. The van der Waals surface area contributed by atoms with Crippen molar-refractivity contribution in [3.05, 3.63) is 23.3 Å². The zero-order valence-corrected chi connectivity index (χ0v) is 23.6. The zero-order chi connectivity index (χ0) is 26.3. The molecule has 1 aliphatic heterocycles. The molecule has 204 valence electrons. The summed E-state index contributed by atoms with van der Waals surface area (Å²) in [5, 5.41) is 0. The topological polar surface area (TPSA) is 79.4 Å². The van der Waals surface area contributed by atoms with E-state index in [1.54, 1.807) is 38.0 Å². The minimum Gasteiger partial charge on any atom is -0.497 e. The van der Waals surface area contributed by atoms with Gasteiger partial charge in [0.1, 0.15) is 12.4 Å². The Hall–Kier alpha value is -1.68. The first kappa shape index (κ1) is 28.9. The SMILES string of the molecule is COc1cc(C)c(S(=O)(=O)N(C)CCOCC(=O)N(C)CC2CCCC(CN3CCCC3)C2)c(C)c1. The first-order valence-corrected chi connectivity index (χ1v) is 14.7. The second kappa shape index (κ2) is 13.2. The van der Waals surface area contributed by atoms with Crippen molar-refractivity contribution in [1.29, 1.82) is 0 Å². The number of carbonyl (C=O) groups is 1. The number of methoxy groups -OCH3 is 1. The van der Waals surface area contributed by atoms with Gasteiger partial charge in [0, 0.05) is 33.7 Å². The number of ether oxygens (including phenoxy) is 2. The fraction of sp³-hybridized carbons (Fsp3) is 0.741. The second-order valence-electron chi connectivity index (χ2n) is 10.7. The van der Waals surface area contributed by atoms with Crippen LogP contribution < -0.4 is 4.74 Å². The maximum absolute atomic E-state index is 13.1. The van der Waals surface area contributed by atoms with E-state index in [0.717, 1.165) is 12.5 Å². The van der Waals surface area contributed by atoms with Crippen molar-refractivity contribution in [3.63, 3.8) is 0 Å². The lowest BCUT2D eigenvalue weighted by Gasteiger charge is -2.33. The molecule has 1 aromatic carbocycles. The number of aryl methyl sites for hydroxylation is 2. The number of sulfonamides is 1. The van der Waals surface area contributed by atoms with Crippen LogP contribution in [0.5, 0.6) is 5.75 Å². The fourth-order valence-corrected chi connectivity index (χ4v) is 7.29. The molecule has 0 bridgehead atoms. The van der Waals surface area contributed by atoms with Gasteiger partial charge in [-0.15, -0.1) is 0 Å². The van der Waals surface area contributed by atoms with Gasteiger partial charge in [-0.1, -0.05) is 6.42 Å². The van der Waals surface area contributed by atoms with Crippen LogP contribution in [-0.2, 0) is 19.6 Å². The molecule has 0 N–H and O–H groups in total. The maximum Gasteiger partial charge on any atom is 0.248 e. The van der Waals surface area contributed by atoms with E-state index in [1.807, 2.05) is 7.05 Å². The van der Waals surface area contributed by atoms with E-state index >= 15 is 0 Å². The third-order valence-electron chi connectivity index (χ3n) is 7.68. The van der Waals surface area contributed by atoms with Gasteiger partial charge in [-0.2, -0.15) is 4.31 Å². The number of likely N-dealkylation sites (N-methyl/N-ethyl adjacent to an activating group) is 2. The number of rotatable bonds is 12. The van der Waals surface area contributed by atoms with Crippen molar-refractivity contribution >= 4 is 15.9 Å². The molecule has 9 heteroatoms. The highest BCUT2D eigenvalue weighted by molar-refractivity contribution is 7.89. The predicted octanol–water partition coefficient (Wildman–Crippen LogP) is 3.31. The van der Waals surface area contributed by atoms with Gasteiger partial charge >= 0.3 is 0 Å². The summed E-state index contributed by atoms with van der Waals surface area (Å²) in [6.45, 7) is 8.29. The van der Waals surface area contributed by atoms with Crippen molar-refractivity contribution in [2.75, 3.05) is 67.1 Å². The standard InChI is InChI=1S/C27H45N3O5S/c1-21-15-25(34-5)16-22(2)27(21)36(32,33)29(4)13-14-35-20-26(31)28(3)18-23-9-8-10-24(17-23)19-30-11-6-7-12-30/h15-16,23-24H,6-14,17-20H2,1-5H3. The van der Waals surface area contributed by atoms with E-state index in [1.165, 1.54) is 69.5 Å². The number of likely N-dealkylation sites (tertiary alicyclic amines) is 1. The number of amides is 1. The molecule has 1 heterocycles. The number of nitrogens with zero attached hydrogens (tertiary/aromatic N) is 3. The highest BCUT2D eigenvalue weighted by Gasteiger charge is 2.27. The number of hydrogen-bond acceptors (Lipinski definition) is 6.